The van der Waals surface area contributed by atoms with E-state index in [9.17, 15) is 0 Å². The molecule has 1 aromatic heterocycles. The minimum atomic E-state index is -0.0298. The number of rotatable bonds is 6. The predicted molar refractivity (Wildman–Crippen MR) is 224 cm³/mol. The molecule has 0 unspecified atom stereocenters. The molecule has 0 fully saturated rings. The van der Waals surface area contributed by atoms with Gasteiger partial charge in [-0.25, -0.2) is 0 Å². The molecule has 52 heavy (non-hydrogen) atoms. The minimum absolute atomic E-state index is 0.0298. The molecule has 0 saturated heterocycles. The molecule has 0 saturated carbocycles. The Labute approximate surface area is 307 Å². The number of para-hydroxylation sites is 2. The van der Waals surface area contributed by atoms with Crippen LogP contribution in [0.3, 0.4) is 0 Å². The number of benzene rings is 6. The summed E-state index contributed by atoms with van der Waals surface area (Å²) in [6.07, 6.45) is 7.99. The molecule has 4 heteroatoms. The SMILES string of the molecule is C=C/C=C\C(C)=C/n1c2ccccc2c2ccccc21.C=NN.CC1(C)c2ccccc2-c2cccc(-c3ccc(C(=N)c4ccccc4)cc3)c21. The fourth-order valence-electron chi connectivity index (χ4n) is 7.23. The third-order valence-electron chi connectivity index (χ3n) is 9.57. The van der Waals surface area contributed by atoms with Crippen molar-refractivity contribution in [3.05, 3.63) is 198 Å². The first kappa shape index (κ1) is 35.3. The van der Waals surface area contributed by atoms with Crippen molar-refractivity contribution in [2.24, 2.45) is 10.9 Å². The lowest BCUT2D eigenvalue weighted by atomic mass is 9.79. The van der Waals surface area contributed by atoms with Gasteiger partial charge in [0, 0.05) is 34.7 Å². The van der Waals surface area contributed by atoms with Gasteiger partial charge in [-0.1, -0.05) is 172 Å². The normalized spacial score (nSPS) is 12.6. The highest BCUT2D eigenvalue weighted by Gasteiger charge is 2.37. The predicted octanol–water partition coefficient (Wildman–Crippen LogP) is 12.0. The van der Waals surface area contributed by atoms with Gasteiger partial charge in [-0.3, -0.25) is 5.41 Å². The quantitative estimate of drug-likeness (QED) is 0.0783. The summed E-state index contributed by atoms with van der Waals surface area (Å²) in [5.41, 5.74) is 14.0. The van der Waals surface area contributed by atoms with Crippen LogP contribution in [-0.4, -0.2) is 17.0 Å². The van der Waals surface area contributed by atoms with Gasteiger partial charge in [-0.15, -0.1) is 0 Å². The number of hydrazone groups is 1. The van der Waals surface area contributed by atoms with Gasteiger partial charge in [0.25, 0.3) is 0 Å². The third-order valence-corrected chi connectivity index (χ3v) is 9.57. The number of fused-ring (bicyclic) bond motifs is 6. The van der Waals surface area contributed by atoms with Crippen LogP contribution in [0.25, 0.3) is 50.3 Å². The Hall–Kier alpha value is -6.52. The van der Waals surface area contributed by atoms with Crippen LogP contribution < -0.4 is 5.84 Å². The maximum absolute atomic E-state index is 8.52. The van der Waals surface area contributed by atoms with E-state index in [1.54, 1.807) is 6.08 Å². The number of nitrogens with zero attached hydrogens (tertiary/aromatic N) is 2. The number of aromatic nitrogens is 1. The maximum atomic E-state index is 8.52. The van der Waals surface area contributed by atoms with Crippen LogP contribution in [0.15, 0.2) is 181 Å². The molecular formula is C48H44N4. The zero-order valence-electron chi connectivity index (χ0n) is 30.1. The molecule has 0 aliphatic heterocycles. The van der Waals surface area contributed by atoms with Crippen molar-refractivity contribution < 1.29 is 0 Å². The molecule has 0 radical (unpaired) electrons. The summed E-state index contributed by atoms with van der Waals surface area (Å²) in [6, 6.07) is 50.8. The number of nitrogens with two attached hydrogens (primary N) is 1. The highest BCUT2D eigenvalue weighted by Crippen LogP contribution is 2.51. The van der Waals surface area contributed by atoms with Crippen molar-refractivity contribution in [1.29, 1.82) is 5.41 Å². The van der Waals surface area contributed by atoms with Crippen molar-refractivity contribution in [3.8, 4) is 22.3 Å². The molecule has 0 amide bonds. The summed E-state index contributed by atoms with van der Waals surface area (Å²) in [5, 5.41) is 13.9. The molecule has 0 spiro atoms. The lowest BCUT2D eigenvalue weighted by molar-refractivity contribution is 0.662. The first-order valence-electron chi connectivity index (χ1n) is 17.4. The molecule has 8 rings (SSSR count). The summed E-state index contributed by atoms with van der Waals surface area (Å²) >= 11 is 0. The lowest BCUT2D eigenvalue weighted by Gasteiger charge is -2.24. The van der Waals surface area contributed by atoms with Gasteiger partial charge < -0.3 is 10.4 Å². The molecule has 1 aliphatic rings. The van der Waals surface area contributed by atoms with Gasteiger partial charge in [-0.05, 0) is 63.6 Å². The number of hydrogen-bond donors (Lipinski definition) is 2. The van der Waals surface area contributed by atoms with Gasteiger partial charge in [0.1, 0.15) is 0 Å². The van der Waals surface area contributed by atoms with E-state index in [-0.39, 0.29) is 5.41 Å². The molecular weight excluding hydrogens is 633 g/mol. The maximum Gasteiger partial charge on any atom is 0.0684 e. The standard InChI is InChI=1S/C28H23N.C19H17N.CH4N2/c1-28(2)25-14-7-6-11-23(25)24-13-8-12-22(26(24)28)19-15-17-21(18-16-19)27(29)20-9-4-3-5-10-20;1-3-4-9-15(2)14-20-18-12-7-5-10-16(18)17-11-6-8-13-19(17)20;1-3-2/h3-18,29H,1-2H3;3-14H,1H2,2H3;1-2H2/b;9-4-,15-14-;. The van der Waals surface area contributed by atoms with Crippen LogP contribution in [0.4, 0.5) is 0 Å². The fraction of sp³-hybridized carbons (Fsp3) is 0.0833. The van der Waals surface area contributed by atoms with E-state index < -0.39 is 0 Å². The second-order valence-corrected chi connectivity index (χ2v) is 13.3. The van der Waals surface area contributed by atoms with Crippen molar-refractivity contribution in [1.82, 2.24) is 4.57 Å². The summed E-state index contributed by atoms with van der Waals surface area (Å²) < 4.78 is 2.26. The molecule has 7 aromatic rings. The monoisotopic (exact) mass is 676 g/mol. The van der Waals surface area contributed by atoms with Crippen LogP contribution in [0, 0.1) is 5.41 Å². The van der Waals surface area contributed by atoms with Gasteiger partial charge in [-0.2, -0.15) is 5.10 Å². The highest BCUT2D eigenvalue weighted by molar-refractivity contribution is 6.11. The average Bonchev–Trinajstić information content (AvgIpc) is 3.63. The van der Waals surface area contributed by atoms with E-state index in [1.165, 1.54) is 60.8 Å². The Kier molecular flexibility index (Phi) is 10.6. The van der Waals surface area contributed by atoms with Gasteiger partial charge in [0.2, 0.25) is 0 Å². The Balaban J connectivity index is 0.000000176. The number of allylic oxidation sites excluding steroid dienone is 4. The molecule has 6 aromatic carbocycles. The molecule has 1 aliphatic carbocycles. The molecule has 0 bridgehead atoms. The Morgan fingerprint density at radius 3 is 1.83 bits per heavy atom. The molecule has 0 atom stereocenters. The zero-order chi connectivity index (χ0) is 36.7. The molecule has 4 nitrogen and oxygen atoms in total. The largest absolute Gasteiger partial charge is 0.324 e. The van der Waals surface area contributed by atoms with E-state index >= 15 is 0 Å². The van der Waals surface area contributed by atoms with Crippen molar-refractivity contribution >= 4 is 40.4 Å². The van der Waals surface area contributed by atoms with Gasteiger partial charge in [0.05, 0.1) is 16.7 Å². The van der Waals surface area contributed by atoms with Gasteiger partial charge in [0.15, 0.2) is 0 Å². The minimum Gasteiger partial charge on any atom is -0.324 e. The summed E-state index contributed by atoms with van der Waals surface area (Å²) in [5.74, 6) is 4.36. The number of hydrogen-bond acceptors (Lipinski definition) is 3. The highest BCUT2D eigenvalue weighted by atomic mass is 15.1. The molecule has 1 heterocycles. The van der Waals surface area contributed by atoms with Crippen LogP contribution in [0.2, 0.25) is 0 Å². The van der Waals surface area contributed by atoms with E-state index in [4.69, 9.17) is 5.41 Å². The van der Waals surface area contributed by atoms with E-state index in [0.29, 0.717) is 5.71 Å². The van der Waals surface area contributed by atoms with Crippen LogP contribution in [0.5, 0.6) is 0 Å². The lowest BCUT2D eigenvalue weighted by Crippen LogP contribution is -2.16. The van der Waals surface area contributed by atoms with Crippen LogP contribution in [-0.2, 0) is 5.41 Å². The van der Waals surface area contributed by atoms with E-state index in [0.717, 1.165) is 11.1 Å². The average molecular weight is 677 g/mol. The van der Waals surface area contributed by atoms with Crippen LogP contribution >= 0.6 is 0 Å². The zero-order valence-corrected chi connectivity index (χ0v) is 30.1. The van der Waals surface area contributed by atoms with E-state index in [1.807, 2.05) is 36.4 Å². The smallest absolute Gasteiger partial charge is 0.0684 e. The van der Waals surface area contributed by atoms with Gasteiger partial charge >= 0.3 is 0 Å². The Morgan fingerprint density at radius 1 is 0.673 bits per heavy atom. The molecule has 256 valence electrons. The second kappa shape index (κ2) is 15.6. The third kappa shape index (κ3) is 6.92. The second-order valence-electron chi connectivity index (χ2n) is 13.3. The van der Waals surface area contributed by atoms with Crippen molar-refractivity contribution in [3.63, 3.8) is 0 Å². The molecule has 3 N–H and O–H groups in total. The van der Waals surface area contributed by atoms with Crippen molar-refractivity contribution in [2.45, 2.75) is 26.2 Å². The fourth-order valence-corrected chi connectivity index (χ4v) is 7.23. The van der Waals surface area contributed by atoms with Crippen LogP contribution in [0.1, 0.15) is 43.0 Å². The summed E-state index contributed by atoms with van der Waals surface area (Å²) in [4.78, 5) is 0. The van der Waals surface area contributed by atoms with E-state index in [2.05, 4.69) is 177 Å². The topological polar surface area (TPSA) is 67.2 Å². The first-order valence-corrected chi connectivity index (χ1v) is 17.4. The Bertz CT molecular complexity index is 2390. The van der Waals surface area contributed by atoms with Crippen molar-refractivity contribution in [2.75, 3.05) is 0 Å². The first-order chi connectivity index (χ1) is 25.3. The number of nitrogens with one attached hydrogen (secondary N) is 1. The summed E-state index contributed by atoms with van der Waals surface area (Å²) in [7, 11) is 0. The summed E-state index contributed by atoms with van der Waals surface area (Å²) in [6.45, 7) is 13.3. The Morgan fingerprint density at radius 2 is 1.19 bits per heavy atom.